The van der Waals surface area contributed by atoms with Crippen molar-refractivity contribution in [3.63, 3.8) is 0 Å². The first-order valence-electron chi connectivity index (χ1n) is 5.89. The predicted molar refractivity (Wildman–Crippen MR) is 69.6 cm³/mol. The minimum Gasteiger partial charge on any atom is -0.504 e. The molecule has 0 aliphatic carbocycles. The topological polar surface area (TPSA) is 55.8 Å². The van der Waals surface area contributed by atoms with Gasteiger partial charge in [-0.1, -0.05) is 19.4 Å². The van der Waals surface area contributed by atoms with E-state index in [2.05, 4.69) is 0 Å². The van der Waals surface area contributed by atoms with E-state index in [1.165, 1.54) is 19.3 Å². The number of methoxy groups -OCH3 is 1. The fourth-order valence-corrected chi connectivity index (χ4v) is 1.33. The van der Waals surface area contributed by atoms with Crippen LogP contribution in [0.25, 0.3) is 6.08 Å². The Hall–Kier alpha value is -1.97. The van der Waals surface area contributed by atoms with Gasteiger partial charge in [0.05, 0.1) is 13.7 Å². The van der Waals surface area contributed by atoms with Gasteiger partial charge in [-0.2, -0.15) is 0 Å². The highest BCUT2D eigenvalue weighted by atomic mass is 16.5. The van der Waals surface area contributed by atoms with Crippen LogP contribution in [0.15, 0.2) is 24.3 Å². The summed E-state index contributed by atoms with van der Waals surface area (Å²) in [5, 5.41) is 9.41. The quantitative estimate of drug-likeness (QED) is 0.479. The number of rotatable bonds is 6. The smallest absolute Gasteiger partial charge is 0.330 e. The number of ether oxygens (including phenoxy) is 2. The molecule has 0 unspecified atom stereocenters. The lowest BCUT2D eigenvalue weighted by Crippen LogP contribution is -2.01. The van der Waals surface area contributed by atoms with Crippen LogP contribution in [-0.4, -0.2) is 24.8 Å². The van der Waals surface area contributed by atoms with E-state index in [0.29, 0.717) is 12.4 Å². The summed E-state index contributed by atoms with van der Waals surface area (Å²) in [6, 6.07) is 4.85. The summed E-state index contributed by atoms with van der Waals surface area (Å²) in [6.45, 7) is 2.48. The lowest BCUT2D eigenvalue weighted by atomic mass is 10.2. The van der Waals surface area contributed by atoms with E-state index in [1.807, 2.05) is 6.92 Å². The number of benzene rings is 1. The average molecular weight is 250 g/mol. The summed E-state index contributed by atoms with van der Waals surface area (Å²) in [5.74, 6) is 0.0761. The number of phenolic OH excluding ortho intramolecular Hbond substituents is 1. The highest BCUT2D eigenvalue weighted by Gasteiger charge is 2.01. The molecule has 0 atom stereocenters. The van der Waals surface area contributed by atoms with E-state index in [0.717, 1.165) is 18.4 Å². The number of aromatic hydroxyl groups is 1. The molecule has 1 rings (SSSR count). The summed E-state index contributed by atoms with van der Waals surface area (Å²) in [5.41, 5.74) is 0.761. The van der Waals surface area contributed by atoms with Crippen LogP contribution >= 0.6 is 0 Å². The number of esters is 1. The van der Waals surface area contributed by atoms with Gasteiger partial charge >= 0.3 is 5.97 Å². The number of phenols is 1. The minimum absolute atomic E-state index is 0.0696. The van der Waals surface area contributed by atoms with Gasteiger partial charge < -0.3 is 14.6 Å². The van der Waals surface area contributed by atoms with Crippen LogP contribution in [0, 0.1) is 0 Å². The summed E-state index contributed by atoms with van der Waals surface area (Å²) >= 11 is 0. The van der Waals surface area contributed by atoms with Crippen LogP contribution in [0.1, 0.15) is 25.3 Å². The Morgan fingerprint density at radius 1 is 1.44 bits per heavy atom. The van der Waals surface area contributed by atoms with Gasteiger partial charge in [-0.3, -0.25) is 0 Å². The molecule has 0 heterocycles. The first-order chi connectivity index (χ1) is 8.67. The van der Waals surface area contributed by atoms with Crippen molar-refractivity contribution < 1.29 is 19.4 Å². The van der Waals surface area contributed by atoms with E-state index < -0.39 is 0 Å². The van der Waals surface area contributed by atoms with Gasteiger partial charge in [0.2, 0.25) is 0 Å². The second kappa shape index (κ2) is 7.37. The Morgan fingerprint density at radius 2 is 2.22 bits per heavy atom. The van der Waals surface area contributed by atoms with Gasteiger partial charge in [-0.05, 0) is 30.2 Å². The zero-order valence-corrected chi connectivity index (χ0v) is 10.7. The minimum atomic E-state index is -0.365. The van der Waals surface area contributed by atoms with Crippen molar-refractivity contribution in [2.45, 2.75) is 19.8 Å². The zero-order chi connectivity index (χ0) is 13.4. The van der Waals surface area contributed by atoms with Crippen molar-refractivity contribution >= 4 is 12.0 Å². The number of unbranched alkanes of at least 4 members (excludes halogenated alkanes) is 1. The predicted octanol–water partition coefficient (Wildman–Crippen LogP) is 2.76. The van der Waals surface area contributed by atoms with Crippen molar-refractivity contribution in [3.05, 3.63) is 29.8 Å². The normalized spacial score (nSPS) is 10.6. The van der Waals surface area contributed by atoms with Crippen LogP contribution in [-0.2, 0) is 9.53 Å². The first kappa shape index (κ1) is 14.1. The van der Waals surface area contributed by atoms with E-state index in [1.54, 1.807) is 18.2 Å². The highest BCUT2D eigenvalue weighted by molar-refractivity contribution is 5.87. The summed E-state index contributed by atoms with van der Waals surface area (Å²) in [6.07, 6.45) is 4.84. The average Bonchev–Trinajstić information content (AvgIpc) is 2.38. The molecule has 0 fully saturated rings. The second-order valence-corrected chi connectivity index (χ2v) is 3.79. The Labute approximate surface area is 107 Å². The number of carbonyl (C=O) groups is 1. The Morgan fingerprint density at radius 3 is 2.89 bits per heavy atom. The fourth-order valence-electron chi connectivity index (χ4n) is 1.33. The molecule has 1 N–H and O–H groups in total. The zero-order valence-electron chi connectivity index (χ0n) is 10.7. The van der Waals surface area contributed by atoms with Crippen LogP contribution < -0.4 is 4.74 Å². The van der Waals surface area contributed by atoms with Crippen LogP contribution in [0.4, 0.5) is 0 Å². The van der Waals surface area contributed by atoms with Gasteiger partial charge in [0.25, 0.3) is 0 Å². The summed E-state index contributed by atoms with van der Waals surface area (Å²) in [4.78, 5) is 11.3. The molecule has 0 saturated carbocycles. The molecule has 4 heteroatoms. The molecule has 1 aromatic rings. The number of carbonyl (C=O) groups excluding carboxylic acids is 1. The lowest BCUT2D eigenvalue weighted by molar-refractivity contribution is -0.137. The molecule has 0 spiro atoms. The molecule has 0 saturated heterocycles. The van der Waals surface area contributed by atoms with E-state index in [9.17, 15) is 9.90 Å². The van der Waals surface area contributed by atoms with Crippen LogP contribution in [0.3, 0.4) is 0 Å². The molecule has 0 radical (unpaired) electrons. The van der Waals surface area contributed by atoms with E-state index in [4.69, 9.17) is 9.47 Å². The third-order valence-electron chi connectivity index (χ3n) is 2.36. The molecule has 4 nitrogen and oxygen atoms in total. The number of hydrogen-bond donors (Lipinski definition) is 1. The van der Waals surface area contributed by atoms with Crippen molar-refractivity contribution in [3.8, 4) is 11.5 Å². The fraction of sp³-hybridized carbons (Fsp3) is 0.357. The third kappa shape index (κ3) is 4.49. The molecule has 1 aromatic carbocycles. The molecule has 0 bridgehead atoms. The molecule has 18 heavy (non-hydrogen) atoms. The molecule has 98 valence electrons. The maximum absolute atomic E-state index is 11.3. The standard InChI is InChI=1S/C14H18O4/c1-3-4-9-18-14(16)8-6-11-5-7-12(15)13(10-11)17-2/h5-8,10,15H,3-4,9H2,1-2H3/b8-6+. The molecule has 0 aromatic heterocycles. The molecule has 0 aliphatic heterocycles. The van der Waals surface area contributed by atoms with Crippen LogP contribution in [0.5, 0.6) is 11.5 Å². The second-order valence-electron chi connectivity index (χ2n) is 3.79. The largest absolute Gasteiger partial charge is 0.504 e. The molecular formula is C14H18O4. The molecular weight excluding hydrogens is 232 g/mol. The van der Waals surface area contributed by atoms with Gasteiger partial charge in [0, 0.05) is 6.08 Å². The number of hydrogen-bond acceptors (Lipinski definition) is 4. The summed E-state index contributed by atoms with van der Waals surface area (Å²) in [7, 11) is 1.47. The highest BCUT2D eigenvalue weighted by Crippen LogP contribution is 2.26. The van der Waals surface area contributed by atoms with Crippen molar-refractivity contribution in [2.24, 2.45) is 0 Å². The van der Waals surface area contributed by atoms with Crippen molar-refractivity contribution in [1.82, 2.24) is 0 Å². The molecule has 0 amide bonds. The maximum Gasteiger partial charge on any atom is 0.330 e. The summed E-state index contributed by atoms with van der Waals surface area (Å²) < 4.78 is 9.95. The van der Waals surface area contributed by atoms with Crippen molar-refractivity contribution in [1.29, 1.82) is 0 Å². The van der Waals surface area contributed by atoms with Crippen LogP contribution in [0.2, 0.25) is 0 Å². The van der Waals surface area contributed by atoms with Crippen molar-refractivity contribution in [2.75, 3.05) is 13.7 Å². The first-order valence-corrected chi connectivity index (χ1v) is 5.89. The Balaban J connectivity index is 2.58. The van der Waals surface area contributed by atoms with Gasteiger partial charge in [0.1, 0.15) is 0 Å². The van der Waals surface area contributed by atoms with Gasteiger partial charge in [-0.15, -0.1) is 0 Å². The van der Waals surface area contributed by atoms with E-state index in [-0.39, 0.29) is 11.7 Å². The SMILES string of the molecule is CCCCOC(=O)/C=C/c1ccc(O)c(OC)c1. The maximum atomic E-state index is 11.3. The Bertz CT molecular complexity index is 424. The van der Waals surface area contributed by atoms with Gasteiger partial charge in [-0.25, -0.2) is 4.79 Å². The third-order valence-corrected chi connectivity index (χ3v) is 2.36. The lowest BCUT2D eigenvalue weighted by Gasteiger charge is -2.03. The van der Waals surface area contributed by atoms with Gasteiger partial charge in [0.15, 0.2) is 11.5 Å². The Kier molecular flexibility index (Phi) is 5.77. The molecule has 0 aliphatic rings. The monoisotopic (exact) mass is 250 g/mol. The van der Waals surface area contributed by atoms with E-state index >= 15 is 0 Å².